The second kappa shape index (κ2) is 8.16. The number of amides is 1. The largest absolute Gasteiger partial charge is 0.465 e. The third-order valence-corrected chi connectivity index (χ3v) is 5.94. The molecule has 1 aliphatic heterocycles. The predicted molar refractivity (Wildman–Crippen MR) is 115 cm³/mol. The summed E-state index contributed by atoms with van der Waals surface area (Å²) in [6, 6.07) is 4.71. The number of fused-ring (bicyclic) bond motifs is 1. The molecule has 0 radical (unpaired) electrons. The summed E-state index contributed by atoms with van der Waals surface area (Å²) in [5.74, 6) is 0.548. The molecule has 0 bridgehead atoms. The number of halogens is 2. The van der Waals surface area contributed by atoms with Crippen LogP contribution in [0.15, 0.2) is 29.2 Å². The molecule has 2 atom stereocenters. The normalized spacial score (nSPS) is 17.4. The number of hydrogen-bond acceptors (Lipinski definition) is 5. The number of anilines is 1. The van der Waals surface area contributed by atoms with Gasteiger partial charge in [0.05, 0.1) is 12.2 Å². The molecule has 1 aliphatic rings. The fourth-order valence-corrected chi connectivity index (χ4v) is 4.20. The summed E-state index contributed by atoms with van der Waals surface area (Å²) in [5, 5.41) is 13.3. The summed E-state index contributed by atoms with van der Waals surface area (Å²) in [6.07, 6.45) is 1.42. The van der Waals surface area contributed by atoms with Gasteiger partial charge in [0.25, 0.3) is 0 Å². The van der Waals surface area contributed by atoms with Crippen LogP contribution in [0, 0.1) is 5.92 Å². The standard InChI is InChI=1S/C19H20Cl2N6O3/c1-10(13-6-12(20)2-3-14(13)21)27-16-15(24-18(27)28)8-23-17(25-16)22-7-11-4-5-26(9-11)19(29)30/h2-3,6,8,10-11H,4-5,7,9H2,1H3,(H,24,28)(H,29,30)(H,22,23,25)/t10-,11?/m1/s1. The van der Waals surface area contributed by atoms with Crippen molar-refractivity contribution in [2.75, 3.05) is 25.0 Å². The first-order chi connectivity index (χ1) is 14.3. The first kappa shape index (κ1) is 20.5. The van der Waals surface area contributed by atoms with Crippen LogP contribution in [-0.4, -0.2) is 55.3 Å². The molecule has 30 heavy (non-hydrogen) atoms. The molecule has 2 aromatic heterocycles. The van der Waals surface area contributed by atoms with E-state index in [0.717, 1.165) is 6.42 Å². The van der Waals surface area contributed by atoms with Crippen molar-refractivity contribution in [2.24, 2.45) is 5.92 Å². The number of likely N-dealkylation sites (tertiary alicyclic amines) is 1. The third kappa shape index (κ3) is 3.95. The SMILES string of the molecule is C[C@H](c1cc(Cl)ccc1Cl)n1c(=O)[nH]c2cnc(NCC3CCN(C(=O)O)C3)nc21. The zero-order valence-electron chi connectivity index (χ0n) is 16.1. The summed E-state index contributed by atoms with van der Waals surface area (Å²) in [5.41, 5.74) is 1.33. The zero-order valence-corrected chi connectivity index (χ0v) is 17.6. The van der Waals surface area contributed by atoms with Crippen LogP contribution in [0.3, 0.4) is 0 Å². The van der Waals surface area contributed by atoms with E-state index < -0.39 is 12.1 Å². The lowest BCUT2D eigenvalue weighted by Gasteiger charge is -2.16. The quantitative estimate of drug-likeness (QED) is 0.547. The Morgan fingerprint density at radius 2 is 2.23 bits per heavy atom. The molecule has 158 valence electrons. The zero-order chi connectivity index (χ0) is 21.4. The third-order valence-electron chi connectivity index (χ3n) is 5.36. The van der Waals surface area contributed by atoms with E-state index in [9.17, 15) is 9.59 Å². The van der Waals surface area contributed by atoms with Gasteiger partial charge in [0.2, 0.25) is 5.95 Å². The molecular weight excluding hydrogens is 431 g/mol. The maximum Gasteiger partial charge on any atom is 0.407 e. The summed E-state index contributed by atoms with van der Waals surface area (Å²) in [4.78, 5) is 36.6. The van der Waals surface area contributed by atoms with E-state index in [2.05, 4.69) is 20.3 Å². The van der Waals surface area contributed by atoms with Crippen LogP contribution in [0.5, 0.6) is 0 Å². The minimum absolute atomic E-state index is 0.179. The molecule has 1 amide bonds. The number of nitrogens with zero attached hydrogens (tertiary/aromatic N) is 4. The summed E-state index contributed by atoms with van der Waals surface area (Å²) < 4.78 is 1.52. The molecule has 0 saturated carbocycles. The number of H-pyrrole nitrogens is 1. The molecule has 0 spiro atoms. The van der Waals surface area contributed by atoms with Crippen molar-refractivity contribution in [3.63, 3.8) is 0 Å². The highest BCUT2D eigenvalue weighted by molar-refractivity contribution is 6.33. The van der Waals surface area contributed by atoms with E-state index in [0.29, 0.717) is 52.4 Å². The second-order valence-corrected chi connectivity index (χ2v) is 8.18. The number of carboxylic acid groups (broad SMARTS) is 1. The van der Waals surface area contributed by atoms with Gasteiger partial charge < -0.3 is 20.3 Å². The Labute approximate surface area is 181 Å². The lowest BCUT2D eigenvalue weighted by Crippen LogP contribution is -2.28. The molecule has 1 fully saturated rings. The summed E-state index contributed by atoms with van der Waals surface area (Å²) in [6.45, 7) is 3.39. The van der Waals surface area contributed by atoms with Gasteiger partial charge in [-0.2, -0.15) is 4.98 Å². The van der Waals surface area contributed by atoms with Gasteiger partial charge in [0, 0.05) is 29.7 Å². The van der Waals surface area contributed by atoms with E-state index >= 15 is 0 Å². The van der Waals surface area contributed by atoms with Crippen LogP contribution in [0.2, 0.25) is 10.0 Å². The maximum absolute atomic E-state index is 12.6. The molecule has 3 heterocycles. The number of hydrogen-bond donors (Lipinski definition) is 3. The van der Waals surface area contributed by atoms with E-state index in [1.54, 1.807) is 24.4 Å². The average molecular weight is 451 g/mol. The molecule has 1 aromatic carbocycles. The van der Waals surface area contributed by atoms with E-state index in [1.165, 1.54) is 9.47 Å². The van der Waals surface area contributed by atoms with Gasteiger partial charge in [-0.25, -0.2) is 14.6 Å². The van der Waals surface area contributed by atoms with E-state index in [4.69, 9.17) is 28.3 Å². The molecular formula is C19H20Cl2N6O3. The van der Waals surface area contributed by atoms with Gasteiger partial charge in [-0.1, -0.05) is 23.2 Å². The lowest BCUT2D eigenvalue weighted by molar-refractivity contribution is 0.154. The van der Waals surface area contributed by atoms with Gasteiger partial charge in [-0.05, 0) is 43.0 Å². The van der Waals surface area contributed by atoms with Crippen LogP contribution < -0.4 is 11.0 Å². The average Bonchev–Trinajstić information content (AvgIpc) is 3.31. The summed E-state index contributed by atoms with van der Waals surface area (Å²) in [7, 11) is 0. The van der Waals surface area contributed by atoms with Crippen LogP contribution in [0.25, 0.3) is 11.2 Å². The highest BCUT2D eigenvalue weighted by Gasteiger charge is 2.26. The highest BCUT2D eigenvalue weighted by Crippen LogP contribution is 2.29. The molecule has 4 rings (SSSR count). The Hall–Kier alpha value is -2.78. The van der Waals surface area contributed by atoms with Crippen LogP contribution in [0.1, 0.15) is 24.9 Å². The number of benzene rings is 1. The van der Waals surface area contributed by atoms with Gasteiger partial charge in [0.15, 0.2) is 5.65 Å². The molecule has 1 saturated heterocycles. The summed E-state index contributed by atoms with van der Waals surface area (Å²) >= 11 is 12.4. The van der Waals surface area contributed by atoms with Crippen molar-refractivity contribution in [3.05, 3.63) is 50.5 Å². The number of aromatic nitrogens is 4. The molecule has 1 unspecified atom stereocenters. The molecule has 3 N–H and O–H groups in total. The topological polar surface area (TPSA) is 116 Å². The Kier molecular flexibility index (Phi) is 5.57. The number of carbonyl (C=O) groups is 1. The fourth-order valence-electron chi connectivity index (χ4n) is 3.74. The Morgan fingerprint density at radius 1 is 1.43 bits per heavy atom. The van der Waals surface area contributed by atoms with Crippen molar-refractivity contribution in [1.29, 1.82) is 0 Å². The van der Waals surface area contributed by atoms with E-state index in [1.807, 2.05) is 6.92 Å². The number of aromatic amines is 1. The number of rotatable bonds is 5. The van der Waals surface area contributed by atoms with Gasteiger partial charge >= 0.3 is 11.8 Å². The highest BCUT2D eigenvalue weighted by atomic mass is 35.5. The maximum atomic E-state index is 12.6. The number of nitrogens with one attached hydrogen (secondary N) is 2. The van der Waals surface area contributed by atoms with Crippen molar-refractivity contribution < 1.29 is 9.90 Å². The number of imidazole rings is 1. The van der Waals surface area contributed by atoms with Crippen LogP contribution >= 0.6 is 23.2 Å². The predicted octanol–water partition coefficient (Wildman–Crippen LogP) is 3.45. The first-order valence-electron chi connectivity index (χ1n) is 9.47. The van der Waals surface area contributed by atoms with Crippen molar-refractivity contribution in [1.82, 2.24) is 24.4 Å². The molecule has 11 heteroatoms. The van der Waals surface area contributed by atoms with Crippen molar-refractivity contribution in [3.8, 4) is 0 Å². The fraction of sp³-hybridized carbons (Fsp3) is 0.368. The van der Waals surface area contributed by atoms with Crippen molar-refractivity contribution in [2.45, 2.75) is 19.4 Å². The molecule has 9 nitrogen and oxygen atoms in total. The molecule has 3 aromatic rings. The van der Waals surface area contributed by atoms with Crippen molar-refractivity contribution >= 4 is 46.4 Å². The second-order valence-electron chi connectivity index (χ2n) is 7.34. The smallest absolute Gasteiger partial charge is 0.407 e. The van der Waals surface area contributed by atoms with Gasteiger partial charge in [-0.15, -0.1) is 0 Å². The van der Waals surface area contributed by atoms with Gasteiger partial charge in [0.1, 0.15) is 5.52 Å². The molecule has 0 aliphatic carbocycles. The monoisotopic (exact) mass is 450 g/mol. The van der Waals surface area contributed by atoms with E-state index in [-0.39, 0.29) is 11.6 Å². The minimum atomic E-state index is -0.903. The minimum Gasteiger partial charge on any atom is -0.465 e. The Balaban J connectivity index is 1.59. The Morgan fingerprint density at radius 3 is 2.97 bits per heavy atom. The lowest BCUT2D eigenvalue weighted by atomic mass is 10.1. The first-order valence-corrected chi connectivity index (χ1v) is 10.2. The van der Waals surface area contributed by atoms with Crippen LogP contribution in [-0.2, 0) is 0 Å². The van der Waals surface area contributed by atoms with Crippen LogP contribution in [0.4, 0.5) is 10.7 Å². The Bertz CT molecular complexity index is 1160. The van der Waals surface area contributed by atoms with Gasteiger partial charge in [-0.3, -0.25) is 4.57 Å².